The fourth-order valence-corrected chi connectivity index (χ4v) is 4.35. The second kappa shape index (κ2) is 6.97. The Bertz CT molecular complexity index is 969. The number of carboxylic acids is 1. The quantitative estimate of drug-likeness (QED) is 0.368. The van der Waals surface area contributed by atoms with Crippen LogP contribution in [0.1, 0.15) is 17.7 Å². The standard InChI is InChI=1S/C17H15N5O4S/c23-8-10-2-1-4-21(7-10)5-3-11(12-6-18-20-19-12)14-15(24)22-13(17(25)26)9-27-16(14)22/h1-2,4,6-7,9,16,23H,3,5,8H2,(H-,18,19,20,24,25,26)/t16-/m1/s1. The number of hydrogen-bond donors (Lipinski definition) is 2. The van der Waals surface area contributed by atoms with Crippen molar-refractivity contribution in [2.75, 3.05) is 0 Å². The van der Waals surface area contributed by atoms with Crippen molar-refractivity contribution in [3.63, 3.8) is 0 Å². The van der Waals surface area contributed by atoms with E-state index in [1.165, 1.54) is 22.1 Å². The Hall–Kier alpha value is -2.98. The summed E-state index contributed by atoms with van der Waals surface area (Å²) in [4.78, 5) is 25.0. The van der Waals surface area contributed by atoms with E-state index in [0.29, 0.717) is 24.2 Å². The number of aliphatic carboxylic acids is 1. The number of aromatic amines is 1. The van der Waals surface area contributed by atoms with Crippen LogP contribution in [-0.4, -0.2) is 42.7 Å². The third-order valence-corrected chi connectivity index (χ3v) is 5.54. The van der Waals surface area contributed by atoms with Crippen LogP contribution in [0.25, 0.3) is 5.57 Å². The first kappa shape index (κ1) is 17.4. The average Bonchev–Trinajstić information content (AvgIpc) is 3.33. The van der Waals surface area contributed by atoms with Crippen LogP contribution >= 0.6 is 11.8 Å². The van der Waals surface area contributed by atoms with Gasteiger partial charge in [-0.2, -0.15) is 15.4 Å². The number of nitrogens with zero attached hydrogens (tertiary/aromatic N) is 4. The van der Waals surface area contributed by atoms with E-state index in [0.717, 1.165) is 11.1 Å². The van der Waals surface area contributed by atoms with Gasteiger partial charge >= 0.3 is 0 Å². The third kappa shape index (κ3) is 3.02. The van der Waals surface area contributed by atoms with Crippen molar-refractivity contribution in [2.45, 2.75) is 24.9 Å². The summed E-state index contributed by atoms with van der Waals surface area (Å²) in [6.07, 6.45) is 5.75. The molecule has 4 heterocycles. The lowest BCUT2D eigenvalue weighted by Crippen LogP contribution is -2.53. The van der Waals surface area contributed by atoms with Crippen molar-refractivity contribution in [3.05, 3.63) is 58.7 Å². The highest BCUT2D eigenvalue weighted by atomic mass is 32.2. The predicted molar refractivity (Wildman–Crippen MR) is 91.8 cm³/mol. The highest BCUT2D eigenvalue weighted by Gasteiger charge is 2.49. The highest BCUT2D eigenvalue weighted by Crippen LogP contribution is 2.47. The van der Waals surface area contributed by atoms with Gasteiger partial charge in [-0.05, 0) is 17.0 Å². The molecular formula is C17H15N5O4S. The first-order valence-electron chi connectivity index (χ1n) is 8.18. The van der Waals surface area contributed by atoms with Crippen LogP contribution in [0.3, 0.4) is 0 Å². The molecule has 4 rings (SSSR count). The molecule has 0 aromatic carbocycles. The summed E-state index contributed by atoms with van der Waals surface area (Å²) in [7, 11) is 0. The maximum atomic E-state index is 12.6. The zero-order chi connectivity index (χ0) is 19.0. The van der Waals surface area contributed by atoms with Gasteiger partial charge in [0.05, 0.1) is 30.0 Å². The number of aryl methyl sites for hydroxylation is 1. The predicted octanol–water partition coefficient (Wildman–Crippen LogP) is -1.07. The molecule has 2 aromatic heterocycles. The fraction of sp³-hybridized carbons (Fsp3) is 0.235. The molecular weight excluding hydrogens is 370 g/mol. The Labute approximate surface area is 158 Å². The van der Waals surface area contributed by atoms with E-state index in [1.807, 2.05) is 29.1 Å². The number of allylic oxidation sites excluding steroid dienone is 1. The number of amides is 1. The molecule has 2 aromatic rings. The number of carbonyl (C=O) groups excluding carboxylic acids is 2. The van der Waals surface area contributed by atoms with Crippen LogP contribution in [0.2, 0.25) is 0 Å². The number of nitrogens with one attached hydrogen (secondary N) is 1. The number of rotatable bonds is 6. The zero-order valence-corrected chi connectivity index (χ0v) is 14.8. The van der Waals surface area contributed by atoms with Crippen molar-refractivity contribution in [2.24, 2.45) is 0 Å². The average molecular weight is 385 g/mol. The minimum absolute atomic E-state index is 0.0537. The Morgan fingerprint density at radius 1 is 1.48 bits per heavy atom. The van der Waals surface area contributed by atoms with Gasteiger partial charge in [-0.1, -0.05) is 0 Å². The maximum absolute atomic E-state index is 12.6. The van der Waals surface area contributed by atoms with E-state index >= 15 is 0 Å². The molecule has 0 aliphatic carbocycles. The van der Waals surface area contributed by atoms with E-state index in [4.69, 9.17) is 0 Å². The summed E-state index contributed by atoms with van der Waals surface area (Å²) in [5.41, 5.74) is 2.48. The minimum atomic E-state index is -1.36. The highest BCUT2D eigenvalue weighted by molar-refractivity contribution is 8.03. The molecule has 1 amide bonds. The number of β-lactam (4-membered cyclic amide) rings is 1. The molecule has 0 bridgehead atoms. The largest absolute Gasteiger partial charge is 0.543 e. The summed E-state index contributed by atoms with van der Waals surface area (Å²) in [6.45, 7) is 0.507. The van der Waals surface area contributed by atoms with Crippen LogP contribution < -0.4 is 9.67 Å². The minimum Gasteiger partial charge on any atom is -0.543 e. The molecule has 0 spiro atoms. The molecule has 0 unspecified atom stereocenters. The van der Waals surface area contributed by atoms with Crippen molar-refractivity contribution in [1.29, 1.82) is 0 Å². The Morgan fingerprint density at radius 2 is 2.33 bits per heavy atom. The summed E-state index contributed by atoms with van der Waals surface area (Å²) in [6, 6.07) is 3.66. The molecule has 2 aliphatic rings. The van der Waals surface area contributed by atoms with E-state index in [2.05, 4.69) is 15.4 Å². The summed E-state index contributed by atoms with van der Waals surface area (Å²) < 4.78 is 1.92. The maximum Gasteiger partial charge on any atom is 0.258 e. The summed E-state index contributed by atoms with van der Waals surface area (Å²) in [5, 5.41) is 32.0. The molecule has 10 heteroatoms. The van der Waals surface area contributed by atoms with Gasteiger partial charge in [0.25, 0.3) is 5.91 Å². The number of thioether (sulfide) groups is 1. The van der Waals surface area contributed by atoms with Gasteiger partial charge < -0.3 is 15.0 Å². The van der Waals surface area contributed by atoms with Crippen molar-refractivity contribution >= 4 is 29.2 Å². The summed E-state index contributed by atoms with van der Waals surface area (Å²) in [5.74, 6) is -1.72. The van der Waals surface area contributed by atoms with E-state index in [9.17, 15) is 19.8 Å². The first-order valence-corrected chi connectivity index (χ1v) is 9.13. The monoisotopic (exact) mass is 385 g/mol. The van der Waals surface area contributed by atoms with Gasteiger partial charge in [-0.15, -0.1) is 11.8 Å². The van der Waals surface area contributed by atoms with E-state index in [-0.39, 0.29) is 23.6 Å². The van der Waals surface area contributed by atoms with Gasteiger partial charge in [0.15, 0.2) is 18.9 Å². The number of H-pyrrole nitrogens is 1. The normalized spacial score (nSPS) is 20.2. The number of aromatic nitrogens is 4. The number of carbonyl (C=O) groups is 2. The molecule has 1 atom stereocenters. The number of hydrogen-bond acceptors (Lipinski definition) is 7. The van der Waals surface area contributed by atoms with Gasteiger partial charge in [-0.3, -0.25) is 9.69 Å². The second-order valence-corrected chi connectivity index (χ2v) is 7.01. The van der Waals surface area contributed by atoms with Gasteiger partial charge in [0, 0.05) is 18.1 Å². The molecule has 0 radical (unpaired) electrons. The van der Waals surface area contributed by atoms with E-state index < -0.39 is 5.97 Å². The molecule has 0 saturated carbocycles. The number of carboxylic acid groups (broad SMARTS) is 1. The van der Waals surface area contributed by atoms with E-state index in [1.54, 1.807) is 6.20 Å². The number of pyridine rings is 1. The van der Waals surface area contributed by atoms with Crippen LogP contribution in [0, 0.1) is 0 Å². The molecule has 9 nitrogen and oxygen atoms in total. The van der Waals surface area contributed by atoms with Crippen molar-refractivity contribution < 1.29 is 24.4 Å². The second-order valence-electron chi connectivity index (χ2n) is 6.06. The zero-order valence-electron chi connectivity index (χ0n) is 14.0. The fourth-order valence-electron chi connectivity index (χ4n) is 3.18. The van der Waals surface area contributed by atoms with Gasteiger partial charge in [-0.25, -0.2) is 4.57 Å². The number of fused-ring (bicyclic) bond motifs is 1. The molecule has 1 fully saturated rings. The molecule has 138 valence electrons. The number of aliphatic hydroxyl groups excluding tert-OH is 1. The SMILES string of the molecule is O=C([O-])C1=CS[C@@H]2/C(=C(/CC[n+]3cccc(CO)c3)c3cn[nH]n3)C(=O)N12. The molecule has 2 aliphatic heterocycles. The lowest BCUT2D eigenvalue weighted by molar-refractivity contribution is -0.696. The summed E-state index contributed by atoms with van der Waals surface area (Å²) >= 11 is 1.26. The topological polar surface area (TPSA) is 126 Å². The Kier molecular flexibility index (Phi) is 4.50. The smallest absolute Gasteiger partial charge is 0.258 e. The van der Waals surface area contributed by atoms with Crippen LogP contribution in [0.5, 0.6) is 0 Å². The number of aliphatic hydroxyl groups is 1. The first-order chi connectivity index (χ1) is 13.1. The molecule has 27 heavy (non-hydrogen) atoms. The van der Waals surface area contributed by atoms with Crippen LogP contribution in [0.15, 0.2) is 47.4 Å². The van der Waals surface area contributed by atoms with Gasteiger partial charge in [0.2, 0.25) is 0 Å². The molecule has 1 saturated heterocycles. The molecule has 2 N–H and O–H groups in total. The van der Waals surface area contributed by atoms with Crippen LogP contribution in [-0.2, 0) is 22.7 Å². The lowest BCUT2D eigenvalue weighted by Gasteiger charge is -2.39. The lowest BCUT2D eigenvalue weighted by atomic mass is 9.94. The van der Waals surface area contributed by atoms with Crippen molar-refractivity contribution in [3.8, 4) is 0 Å². The van der Waals surface area contributed by atoms with Crippen molar-refractivity contribution in [1.82, 2.24) is 20.3 Å². The van der Waals surface area contributed by atoms with Crippen LogP contribution in [0.4, 0.5) is 0 Å². The Balaban J connectivity index is 1.62. The third-order valence-electron chi connectivity index (χ3n) is 4.48. The Morgan fingerprint density at radius 3 is 3.04 bits per heavy atom. The van der Waals surface area contributed by atoms with Gasteiger partial charge in [0.1, 0.15) is 11.1 Å².